The van der Waals surface area contributed by atoms with Crippen molar-refractivity contribution in [2.45, 2.75) is 52.4 Å². The number of hydrogen-bond acceptors (Lipinski definition) is 7. The fraction of sp³-hybridized carbons (Fsp3) is 0.417. The lowest BCUT2D eigenvalue weighted by Gasteiger charge is -2.24. The second kappa shape index (κ2) is 9.90. The molecule has 3 N–H and O–H groups in total. The van der Waals surface area contributed by atoms with Gasteiger partial charge in [-0.1, -0.05) is 11.6 Å². The highest BCUT2D eigenvalue weighted by atomic mass is 35.5. The molecule has 0 saturated heterocycles. The highest BCUT2D eigenvalue weighted by molar-refractivity contribution is 6.31. The van der Waals surface area contributed by atoms with Crippen LogP contribution in [0.1, 0.15) is 49.2 Å². The number of fused-ring (bicyclic) bond motifs is 3. The fourth-order valence-corrected chi connectivity index (χ4v) is 4.18. The molecule has 2 amide bonds. The Labute approximate surface area is 212 Å². The number of ether oxygens (including phenoxy) is 2. The van der Waals surface area contributed by atoms with Gasteiger partial charge in [-0.25, -0.2) is 14.2 Å². The van der Waals surface area contributed by atoms with Crippen LogP contribution in [0.15, 0.2) is 24.4 Å². The Balaban J connectivity index is 1.47. The first kappa shape index (κ1) is 25.6. The number of benzene rings is 1. The van der Waals surface area contributed by atoms with Crippen LogP contribution in [0.3, 0.4) is 0 Å². The maximum Gasteiger partial charge on any atom is 0.416 e. The zero-order valence-corrected chi connectivity index (χ0v) is 21.2. The van der Waals surface area contributed by atoms with Crippen LogP contribution in [-0.2, 0) is 22.5 Å². The summed E-state index contributed by atoms with van der Waals surface area (Å²) in [5.74, 6) is -0.434. The molecule has 1 aliphatic heterocycles. The molecule has 4 rings (SSSR count). The van der Waals surface area contributed by atoms with E-state index in [0.29, 0.717) is 35.6 Å². The van der Waals surface area contributed by atoms with Gasteiger partial charge in [0.15, 0.2) is 5.65 Å². The topological polar surface area (TPSA) is 124 Å². The van der Waals surface area contributed by atoms with Crippen LogP contribution in [0, 0.1) is 5.82 Å². The van der Waals surface area contributed by atoms with Crippen molar-refractivity contribution in [1.29, 1.82) is 0 Å². The molecule has 0 unspecified atom stereocenters. The quantitative estimate of drug-likeness (QED) is 0.376. The van der Waals surface area contributed by atoms with E-state index in [1.54, 1.807) is 33.8 Å². The Morgan fingerprint density at radius 2 is 2.06 bits per heavy atom. The summed E-state index contributed by atoms with van der Waals surface area (Å²) in [6.07, 6.45) is 1.34. The smallest absolute Gasteiger partial charge is 0.416 e. The van der Waals surface area contributed by atoms with E-state index in [1.807, 2.05) is 0 Å². The molecule has 36 heavy (non-hydrogen) atoms. The highest BCUT2D eigenvalue weighted by Gasteiger charge is 2.34. The third-order valence-electron chi connectivity index (χ3n) is 5.36. The third-order valence-corrected chi connectivity index (χ3v) is 5.67. The number of anilines is 2. The predicted octanol–water partition coefficient (Wildman–Crippen LogP) is 3.74. The summed E-state index contributed by atoms with van der Waals surface area (Å²) in [5, 5.41) is 7.34. The van der Waals surface area contributed by atoms with E-state index < -0.39 is 23.4 Å². The van der Waals surface area contributed by atoms with Gasteiger partial charge in [0.25, 0.3) is 5.91 Å². The first-order valence-corrected chi connectivity index (χ1v) is 11.8. The molecule has 1 atom stereocenters. The molecule has 2 aromatic heterocycles. The van der Waals surface area contributed by atoms with Crippen LogP contribution in [-0.4, -0.2) is 51.4 Å². The van der Waals surface area contributed by atoms with Gasteiger partial charge in [-0.05, 0) is 57.9 Å². The van der Waals surface area contributed by atoms with E-state index in [2.05, 4.69) is 15.4 Å². The summed E-state index contributed by atoms with van der Waals surface area (Å²) in [4.78, 5) is 31.6. The summed E-state index contributed by atoms with van der Waals surface area (Å²) in [5.41, 5.74) is 6.95. The van der Waals surface area contributed by atoms with Crippen LogP contribution in [0.2, 0.25) is 5.15 Å². The number of amides is 2. The molecule has 3 heterocycles. The fourth-order valence-electron chi connectivity index (χ4n) is 3.92. The maximum atomic E-state index is 13.5. The Bertz CT molecular complexity index is 1300. The van der Waals surface area contributed by atoms with E-state index in [9.17, 15) is 14.0 Å². The summed E-state index contributed by atoms with van der Waals surface area (Å²) in [7, 11) is 0. The predicted molar refractivity (Wildman–Crippen MR) is 133 cm³/mol. The van der Waals surface area contributed by atoms with Gasteiger partial charge < -0.3 is 20.5 Å². The average Bonchev–Trinajstić information content (AvgIpc) is 3.36. The Hall–Kier alpha value is -3.44. The number of nitrogens with zero attached hydrogens (tertiary/aromatic N) is 4. The first-order valence-electron chi connectivity index (χ1n) is 11.4. The second-order valence-corrected chi connectivity index (χ2v) is 10.0. The van der Waals surface area contributed by atoms with Gasteiger partial charge in [-0.15, -0.1) is 0 Å². The highest BCUT2D eigenvalue weighted by Crippen LogP contribution is 2.34. The lowest BCUT2D eigenvalue weighted by atomic mass is 10.2. The lowest BCUT2D eigenvalue weighted by molar-refractivity contribution is 0.0582. The largest absolute Gasteiger partial charge is 0.443 e. The van der Waals surface area contributed by atoms with Crippen molar-refractivity contribution in [2.24, 2.45) is 0 Å². The monoisotopic (exact) mass is 518 g/mol. The van der Waals surface area contributed by atoms with Gasteiger partial charge in [-0.3, -0.25) is 9.69 Å². The van der Waals surface area contributed by atoms with Gasteiger partial charge in [-0.2, -0.15) is 9.61 Å². The van der Waals surface area contributed by atoms with Gasteiger partial charge >= 0.3 is 6.09 Å². The van der Waals surface area contributed by atoms with Crippen LogP contribution in [0.25, 0.3) is 5.65 Å². The van der Waals surface area contributed by atoms with E-state index in [4.69, 9.17) is 26.8 Å². The Morgan fingerprint density at radius 3 is 2.75 bits per heavy atom. The molecule has 10 nitrogen and oxygen atoms in total. The van der Waals surface area contributed by atoms with Crippen molar-refractivity contribution >= 4 is 40.8 Å². The third kappa shape index (κ3) is 5.52. The molecular formula is C24H28ClFN6O4. The number of aromatic nitrogens is 3. The van der Waals surface area contributed by atoms with Crippen LogP contribution in [0.4, 0.5) is 20.7 Å². The minimum absolute atomic E-state index is 0.142. The van der Waals surface area contributed by atoms with E-state index in [1.165, 1.54) is 27.7 Å². The number of nitrogens with one attached hydrogen (secondary N) is 1. The minimum Gasteiger partial charge on any atom is -0.443 e. The molecule has 0 radical (unpaired) electrons. The Kier molecular flexibility index (Phi) is 7.05. The van der Waals surface area contributed by atoms with Gasteiger partial charge in [0.2, 0.25) is 0 Å². The van der Waals surface area contributed by atoms with Crippen LogP contribution in [0.5, 0.6) is 0 Å². The minimum atomic E-state index is -0.676. The summed E-state index contributed by atoms with van der Waals surface area (Å²) in [6, 6.07) is 3.82. The number of carbonyl (C=O) groups excluding carboxylic acids is 2. The summed E-state index contributed by atoms with van der Waals surface area (Å²) in [6.45, 7) is 7.80. The molecule has 0 aliphatic carbocycles. The summed E-state index contributed by atoms with van der Waals surface area (Å²) < 4.78 is 26.0. The average molecular weight is 519 g/mol. The molecule has 12 heteroatoms. The standard InChI is InChI=1S/C24H28ClFN6O4/c1-13(11-35-12-14-7-15(26)9-16(27)8-14)29-21(33)18-10-28-32-20(18)30-19(25)17-5-6-31(22(17)32)23(34)36-24(2,3)4/h7-10,13H,5-6,11-12,27H2,1-4H3,(H,29,33)/t13-/m1/s1. The number of halogens is 2. The Morgan fingerprint density at radius 1 is 1.31 bits per heavy atom. The molecule has 0 fully saturated rings. The van der Waals surface area contributed by atoms with Gasteiger partial charge in [0.05, 0.1) is 19.4 Å². The molecule has 0 bridgehead atoms. The van der Waals surface area contributed by atoms with Crippen molar-refractivity contribution in [3.8, 4) is 0 Å². The molecule has 192 valence electrons. The van der Waals surface area contributed by atoms with Crippen LogP contribution < -0.4 is 16.0 Å². The number of hydrogen-bond donors (Lipinski definition) is 2. The zero-order chi connectivity index (χ0) is 26.2. The second-order valence-electron chi connectivity index (χ2n) is 9.66. The van der Waals surface area contributed by atoms with Gasteiger partial charge in [0, 0.05) is 23.8 Å². The molecule has 1 aromatic carbocycles. The number of rotatable bonds is 6. The van der Waals surface area contributed by atoms with E-state index >= 15 is 0 Å². The molecule has 0 saturated carbocycles. The van der Waals surface area contributed by atoms with Crippen molar-refractivity contribution in [1.82, 2.24) is 19.9 Å². The lowest BCUT2D eigenvalue weighted by Crippen LogP contribution is -2.36. The number of nitrogens with two attached hydrogens (primary N) is 1. The van der Waals surface area contributed by atoms with Crippen molar-refractivity contribution in [2.75, 3.05) is 23.8 Å². The molecule has 1 aliphatic rings. The van der Waals surface area contributed by atoms with Crippen LogP contribution >= 0.6 is 11.6 Å². The molecule has 0 spiro atoms. The number of carbonyl (C=O) groups is 2. The SMILES string of the molecule is C[C@H](COCc1cc(N)cc(F)c1)NC(=O)c1cnn2c3c(c(Cl)nc12)CCN3C(=O)OC(C)(C)C. The first-order chi connectivity index (χ1) is 16.9. The number of nitrogen functional groups attached to an aromatic ring is 1. The van der Waals surface area contributed by atoms with Crippen molar-refractivity contribution < 1.29 is 23.5 Å². The molecule has 3 aromatic rings. The zero-order valence-electron chi connectivity index (χ0n) is 20.5. The summed E-state index contributed by atoms with van der Waals surface area (Å²) >= 11 is 6.42. The molecular weight excluding hydrogens is 491 g/mol. The van der Waals surface area contributed by atoms with Crippen molar-refractivity contribution in [3.05, 3.63) is 52.1 Å². The normalized spacial score (nSPS) is 14.1. The van der Waals surface area contributed by atoms with Gasteiger partial charge in [0.1, 0.15) is 28.0 Å². The van der Waals surface area contributed by atoms with Crippen molar-refractivity contribution in [3.63, 3.8) is 0 Å². The van der Waals surface area contributed by atoms with E-state index in [-0.39, 0.29) is 35.6 Å². The maximum absolute atomic E-state index is 13.5. The van der Waals surface area contributed by atoms with E-state index in [0.717, 1.165) is 0 Å².